The fourth-order valence-electron chi connectivity index (χ4n) is 3.77. The van der Waals surface area contributed by atoms with Gasteiger partial charge >= 0.3 is 10.2 Å². The number of rotatable bonds is 1. The Balaban J connectivity index is 1.56. The molecule has 1 aromatic rings. The lowest BCUT2D eigenvalue weighted by atomic mass is 9.99. The average molecular weight is 414 g/mol. The Morgan fingerprint density at radius 3 is 2.88 bits per heavy atom. The molecule has 2 aliphatic heterocycles. The SMILES string of the molecule is O=C1NS(=O)(=O)N2CCN(C(=O)C3CCc4ccc(Br)cc43)CC12. The van der Waals surface area contributed by atoms with Crippen LogP contribution >= 0.6 is 15.9 Å². The van der Waals surface area contributed by atoms with Crippen LogP contribution in [-0.2, 0) is 26.2 Å². The van der Waals surface area contributed by atoms with Gasteiger partial charge in [0, 0.05) is 24.1 Å². The standard InChI is InChI=1S/C15H16BrN3O4S/c16-10-3-1-9-2-4-11(12(9)7-10)15(21)18-5-6-19-13(8-18)14(20)17-24(19,22)23/h1,3,7,11,13H,2,4-6,8H2,(H,17,20). The molecule has 7 nitrogen and oxygen atoms in total. The second-order valence-corrected chi connectivity index (χ2v) is 8.86. The zero-order valence-electron chi connectivity index (χ0n) is 12.7. The smallest absolute Gasteiger partial charge is 0.304 e. The van der Waals surface area contributed by atoms with Crippen LogP contribution in [0.15, 0.2) is 22.7 Å². The van der Waals surface area contributed by atoms with E-state index in [1.165, 1.54) is 5.56 Å². The second kappa shape index (κ2) is 5.53. The molecule has 3 aliphatic rings. The number of halogens is 1. The van der Waals surface area contributed by atoms with Crippen LogP contribution in [0, 0.1) is 0 Å². The fraction of sp³-hybridized carbons (Fsp3) is 0.467. The van der Waals surface area contributed by atoms with Crippen molar-refractivity contribution in [3.05, 3.63) is 33.8 Å². The summed E-state index contributed by atoms with van der Waals surface area (Å²) < 4.78 is 27.7. The van der Waals surface area contributed by atoms with Gasteiger partial charge in [-0.2, -0.15) is 12.7 Å². The van der Waals surface area contributed by atoms with Gasteiger partial charge in [0.15, 0.2) is 0 Å². The van der Waals surface area contributed by atoms with Crippen molar-refractivity contribution in [3.8, 4) is 0 Å². The van der Waals surface area contributed by atoms with E-state index >= 15 is 0 Å². The molecule has 128 valence electrons. The maximum atomic E-state index is 12.9. The summed E-state index contributed by atoms with van der Waals surface area (Å²) in [6, 6.07) is 5.17. The summed E-state index contributed by atoms with van der Waals surface area (Å²) in [5.74, 6) is -0.796. The highest BCUT2D eigenvalue weighted by atomic mass is 79.9. The van der Waals surface area contributed by atoms with Crippen molar-refractivity contribution >= 4 is 38.0 Å². The van der Waals surface area contributed by atoms with Gasteiger partial charge < -0.3 is 4.90 Å². The Morgan fingerprint density at radius 1 is 1.29 bits per heavy atom. The lowest BCUT2D eigenvalue weighted by Crippen LogP contribution is -2.55. The first-order valence-corrected chi connectivity index (χ1v) is 10.0. The number of nitrogens with zero attached hydrogens (tertiary/aromatic N) is 2. The zero-order chi connectivity index (χ0) is 17.1. The quantitative estimate of drug-likeness (QED) is 0.720. The van der Waals surface area contributed by atoms with E-state index in [2.05, 4.69) is 15.9 Å². The number of carbonyl (C=O) groups is 2. The van der Waals surface area contributed by atoms with Gasteiger partial charge in [-0.15, -0.1) is 0 Å². The van der Waals surface area contributed by atoms with Gasteiger partial charge in [0.25, 0.3) is 5.91 Å². The summed E-state index contributed by atoms with van der Waals surface area (Å²) in [6.45, 7) is 0.572. The lowest BCUT2D eigenvalue weighted by Gasteiger charge is -2.35. The molecule has 1 aromatic carbocycles. The van der Waals surface area contributed by atoms with E-state index in [-0.39, 0.29) is 24.9 Å². The van der Waals surface area contributed by atoms with Gasteiger partial charge in [-0.3, -0.25) is 9.59 Å². The maximum absolute atomic E-state index is 12.9. The largest absolute Gasteiger partial charge is 0.339 e. The first kappa shape index (κ1) is 16.0. The monoisotopic (exact) mass is 413 g/mol. The molecule has 2 amide bonds. The maximum Gasteiger partial charge on any atom is 0.304 e. The van der Waals surface area contributed by atoms with E-state index in [4.69, 9.17) is 0 Å². The molecule has 1 aliphatic carbocycles. The number of nitrogens with one attached hydrogen (secondary N) is 1. The number of aryl methyl sites for hydroxylation is 1. The summed E-state index contributed by atoms with van der Waals surface area (Å²) in [5.41, 5.74) is 2.21. The Bertz CT molecular complexity index is 841. The Kier molecular flexibility index (Phi) is 3.70. The van der Waals surface area contributed by atoms with Crippen molar-refractivity contribution in [1.29, 1.82) is 0 Å². The van der Waals surface area contributed by atoms with Crippen molar-refractivity contribution < 1.29 is 18.0 Å². The van der Waals surface area contributed by atoms with Crippen LogP contribution in [-0.4, -0.2) is 55.1 Å². The van der Waals surface area contributed by atoms with Crippen LogP contribution in [0.2, 0.25) is 0 Å². The number of carbonyl (C=O) groups excluding carboxylic acids is 2. The molecule has 2 atom stereocenters. The van der Waals surface area contributed by atoms with Crippen molar-refractivity contribution in [2.45, 2.75) is 24.8 Å². The molecule has 2 heterocycles. The molecule has 1 N–H and O–H groups in total. The third kappa shape index (κ3) is 2.46. The van der Waals surface area contributed by atoms with Crippen molar-refractivity contribution in [3.63, 3.8) is 0 Å². The number of piperazine rings is 1. The molecule has 2 fully saturated rings. The van der Waals surface area contributed by atoms with Crippen LogP contribution < -0.4 is 4.72 Å². The van der Waals surface area contributed by atoms with Crippen LogP contribution in [0.1, 0.15) is 23.5 Å². The molecule has 0 aromatic heterocycles. The van der Waals surface area contributed by atoms with Crippen LogP contribution in [0.5, 0.6) is 0 Å². The minimum atomic E-state index is -3.73. The molecule has 4 rings (SSSR count). The molecule has 0 spiro atoms. The first-order valence-electron chi connectivity index (χ1n) is 7.77. The molecular weight excluding hydrogens is 398 g/mol. The number of hydrogen-bond acceptors (Lipinski definition) is 4. The van der Waals surface area contributed by atoms with Crippen molar-refractivity contribution in [1.82, 2.24) is 13.9 Å². The summed E-state index contributed by atoms with van der Waals surface area (Å²) in [7, 11) is -3.73. The van der Waals surface area contributed by atoms with Gasteiger partial charge in [-0.05, 0) is 36.1 Å². The first-order chi connectivity index (χ1) is 11.4. The molecule has 24 heavy (non-hydrogen) atoms. The Hall–Kier alpha value is -1.45. The van der Waals surface area contributed by atoms with E-state index in [1.807, 2.05) is 22.9 Å². The van der Waals surface area contributed by atoms with Gasteiger partial charge in [0.1, 0.15) is 6.04 Å². The number of amides is 2. The van der Waals surface area contributed by atoms with Crippen molar-refractivity contribution in [2.24, 2.45) is 0 Å². The van der Waals surface area contributed by atoms with Crippen LogP contribution in [0.25, 0.3) is 0 Å². The molecule has 2 unspecified atom stereocenters. The normalized spacial score (nSPS) is 28.4. The number of hydrogen-bond donors (Lipinski definition) is 1. The summed E-state index contributed by atoms with van der Waals surface area (Å²) in [5, 5.41) is 0. The highest BCUT2D eigenvalue weighted by Gasteiger charge is 2.48. The van der Waals surface area contributed by atoms with E-state index in [1.54, 1.807) is 4.90 Å². The summed E-state index contributed by atoms with van der Waals surface area (Å²) >= 11 is 3.44. The van der Waals surface area contributed by atoms with Gasteiger partial charge in [0.05, 0.1) is 5.92 Å². The van der Waals surface area contributed by atoms with Crippen LogP contribution in [0.4, 0.5) is 0 Å². The predicted octanol–water partition coefficient (Wildman–Crippen LogP) is 0.366. The zero-order valence-corrected chi connectivity index (χ0v) is 15.1. The second-order valence-electron chi connectivity index (χ2n) is 6.32. The predicted molar refractivity (Wildman–Crippen MR) is 89.3 cm³/mol. The highest BCUT2D eigenvalue weighted by molar-refractivity contribution is 9.10. The third-order valence-corrected chi connectivity index (χ3v) is 6.97. The minimum absolute atomic E-state index is 0.0244. The van der Waals surface area contributed by atoms with Crippen LogP contribution in [0.3, 0.4) is 0 Å². The molecular formula is C15H16BrN3O4S. The molecule has 0 bridgehead atoms. The van der Waals surface area contributed by atoms with E-state index in [9.17, 15) is 18.0 Å². The minimum Gasteiger partial charge on any atom is -0.339 e. The number of fused-ring (bicyclic) bond motifs is 2. The molecule has 2 saturated heterocycles. The summed E-state index contributed by atoms with van der Waals surface area (Å²) in [6.07, 6.45) is 1.61. The topological polar surface area (TPSA) is 86.8 Å². The molecule has 0 saturated carbocycles. The molecule has 0 radical (unpaired) electrons. The van der Waals surface area contributed by atoms with E-state index in [0.29, 0.717) is 6.54 Å². The van der Waals surface area contributed by atoms with Gasteiger partial charge in [0.2, 0.25) is 5.91 Å². The molecule has 9 heteroatoms. The van der Waals surface area contributed by atoms with Gasteiger partial charge in [-0.25, -0.2) is 4.72 Å². The Labute approximate surface area is 148 Å². The lowest BCUT2D eigenvalue weighted by molar-refractivity contribution is -0.136. The number of benzene rings is 1. The van der Waals surface area contributed by atoms with E-state index in [0.717, 1.165) is 27.2 Å². The van der Waals surface area contributed by atoms with E-state index < -0.39 is 22.2 Å². The fourth-order valence-corrected chi connectivity index (χ4v) is 5.48. The Morgan fingerprint density at radius 2 is 2.08 bits per heavy atom. The third-order valence-electron chi connectivity index (χ3n) is 4.97. The van der Waals surface area contributed by atoms with Gasteiger partial charge in [-0.1, -0.05) is 22.0 Å². The average Bonchev–Trinajstić information content (AvgIpc) is 3.05. The highest BCUT2D eigenvalue weighted by Crippen LogP contribution is 2.36. The van der Waals surface area contributed by atoms with Crippen molar-refractivity contribution in [2.75, 3.05) is 19.6 Å². The summed E-state index contributed by atoms with van der Waals surface area (Å²) in [4.78, 5) is 26.4.